The van der Waals surface area contributed by atoms with Crippen molar-refractivity contribution in [1.29, 1.82) is 0 Å². The second-order valence-electron chi connectivity index (χ2n) is 8.32. The van der Waals surface area contributed by atoms with Gasteiger partial charge in [-0.3, -0.25) is 4.90 Å². The van der Waals surface area contributed by atoms with Gasteiger partial charge in [-0.2, -0.15) is 4.31 Å². The molecule has 2 saturated heterocycles. The van der Waals surface area contributed by atoms with Crippen molar-refractivity contribution in [2.24, 2.45) is 5.92 Å². The topological polar surface area (TPSA) is 40.6 Å². The number of nitrogens with zero attached hydrogens (tertiary/aromatic N) is 2. The van der Waals surface area contributed by atoms with Crippen LogP contribution in [0.25, 0.3) is 0 Å². The molecule has 4 rings (SSSR count). The van der Waals surface area contributed by atoms with Gasteiger partial charge in [0.05, 0.1) is 5.75 Å². The third-order valence-electron chi connectivity index (χ3n) is 6.78. The fraction of sp³-hybridized carbons (Fsp3) is 0.714. The van der Waals surface area contributed by atoms with Crippen LogP contribution < -0.4 is 0 Å². The maximum Gasteiger partial charge on any atom is 0.214 e. The maximum atomic E-state index is 12.9. The Morgan fingerprint density at radius 2 is 2.11 bits per heavy atom. The summed E-state index contributed by atoms with van der Waals surface area (Å²) in [7, 11) is -3.21. The van der Waals surface area contributed by atoms with Crippen molar-refractivity contribution >= 4 is 21.6 Å². The summed E-state index contributed by atoms with van der Waals surface area (Å²) in [5.74, 6) is 1.06. The van der Waals surface area contributed by atoms with Gasteiger partial charge >= 0.3 is 0 Å². The quantitative estimate of drug-likeness (QED) is 0.696. The van der Waals surface area contributed by atoms with Crippen molar-refractivity contribution in [3.63, 3.8) is 0 Å². The molecule has 3 aliphatic heterocycles. The number of alkyl halides is 1. The van der Waals surface area contributed by atoms with Crippen LogP contribution in [0.3, 0.4) is 0 Å². The van der Waals surface area contributed by atoms with E-state index in [0.717, 1.165) is 45.2 Å². The highest BCUT2D eigenvalue weighted by Crippen LogP contribution is 2.43. The lowest BCUT2D eigenvalue weighted by Crippen LogP contribution is -2.57. The summed E-state index contributed by atoms with van der Waals surface area (Å²) in [4.78, 5) is 2.62. The summed E-state index contributed by atoms with van der Waals surface area (Å²) < 4.78 is 27.7. The Morgan fingerprint density at radius 1 is 1.26 bits per heavy atom. The molecule has 3 heterocycles. The average Bonchev–Trinajstić information content (AvgIpc) is 2.69. The van der Waals surface area contributed by atoms with Crippen molar-refractivity contribution in [3.05, 3.63) is 34.9 Å². The van der Waals surface area contributed by atoms with Crippen LogP contribution in [0.2, 0.25) is 0 Å². The SMILES string of the molecule is CCc1ccc2c(c1)CCN1C[C@@H]3CCCN(S(=O)(=O)CCCCl)[C@@H]3C[C@@H]21. The Labute approximate surface area is 168 Å². The number of hydrogen-bond acceptors (Lipinski definition) is 3. The van der Waals surface area contributed by atoms with Gasteiger partial charge in [-0.15, -0.1) is 11.6 Å². The second kappa shape index (κ2) is 8.02. The highest BCUT2D eigenvalue weighted by molar-refractivity contribution is 7.89. The molecule has 150 valence electrons. The van der Waals surface area contributed by atoms with E-state index < -0.39 is 10.0 Å². The van der Waals surface area contributed by atoms with Gasteiger partial charge in [0, 0.05) is 37.6 Å². The Kier molecular flexibility index (Phi) is 5.84. The summed E-state index contributed by atoms with van der Waals surface area (Å²) in [5.41, 5.74) is 4.31. The zero-order valence-corrected chi connectivity index (χ0v) is 17.8. The van der Waals surface area contributed by atoms with E-state index in [-0.39, 0.29) is 11.8 Å². The fourth-order valence-electron chi connectivity index (χ4n) is 5.39. The Hall–Kier alpha value is -0.620. The van der Waals surface area contributed by atoms with Crippen molar-refractivity contribution < 1.29 is 8.42 Å². The minimum atomic E-state index is -3.21. The standard InChI is InChI=1S/C21H31ClN2O2S/c1-2-16-6-7-19-17(13-16)8-11-23-15-18-5-3-10-24(20(18)14-21(19)23)27(25,26)12-4-9-22/h6-7,13,18,20-21H,2-5,8-12,14-15H2,1H3/t18-,20+,21-/m0/s1. The number of halogens is 1. The maximum absolute atomic E-state index is 12.9. The molecular formula is C21H31ClN2O2S. The smallest absolute Gasteiger partial charge is 0.214 e. The number of rotatable bonds is 5. The fourth-order valence-corrected chi connectivity index (χ4v) is 7.50. The predicted octanol–water partition coefficient (Wildman–Crippen LogP) is 3.59. The van der Waals surface area contributed by atoms with Gasteiger partial charge in [-0.25, -0.2) is 8.42 Å². The molecule has 0 unspecified atom stereocenters. The molecule has 0 amide bonds. The molecule has 2 fully saturated rings. The largest absolute Gasteiger partial charge is 0.296 e. The van der Waals surface area contributed by atoms with Crippen LogP contribution in [-0.4, -0.2) is 54.9 Å². The molecule has 0 aliphatic carbocycles. The first-order chi connectivity index (χ1) is 13.0. The van der Waals surface area contributed by atoms with E-state index >= 15 is 0 Å². The Balaban J connectivity index is 1.60. The molecule has 27 heavy (non-hydrogen) atoms. The summed E-state index contributed by atoms with van der Waals surface area (Å²) >= 11 is 5.77. The Morgan fingerprint density at radius 3 is 2.89 bits per heavy atom. The van der Waals surface area contributed by atoms with Gasteiger partial charge in [0.1, 0.15) is 0 Å². The first kappa shape index (κ1) is 19.7. The molecule has 0 N–H and O–H groups in total. The second-order valence-corrected chi connectivity index (χ2v) is 10.7. The molecule has 0 spiro atoms. The summed E-state index contributed by atoms with van der Waals surface area (Å²) in [6.45, 7) is 5.02. The number of benzene rings is 1. The van der Waals surface area contributed by atoms with Gasteiger partial charge in [0.25, 0.3) is 0 Å². The average molecular weight is 411 g/mol. The zero-order chi connectivity index (χ0) is 19.0. The molecule has 1 aromatic carbocycles. The van der Waals surface area contributed by atoms with Crippen molar-refractivity contribution in [3.8, 4) is 0 Å². The molecule has 4 nitrogen and oxygen atoms in total. The van der Waals surface area contributed by atoms with Crippen LogP contribution in [-0.2, 0) is 22.9 Å². The minimum Gasteiger partial charge on any atom is -0.296 e. The lowest BCUT2D eigenvalue weighted by molar-refractivity contribution is 0.0220. The molecule has 0 bridgehead atoms. The number of aryl methyl sites for hydroxylation is 1. The van der Waals surface area contributed by atoms with Gasteiger partial charge < -0.3 is 0 Å². The van der Waals surface area contributed by atoms with Crippen LogP contribution in [0.15, 0.2) is 18.2 Å². The Bertz CT molecular complexity index is 782. The molecule has 0 aromatic heterocycles. The highest BCUT2D eigenvalue weighted by Gasteiger charge is 2.45. The van der Waals surface area contributed by atoms with Crippen LogP contribution in [0.5, 0.6) is 0 Å². The molecule has 3 atom stereocenters. The van der Waals surface area contributed by atoms with Crippen molar-refractivity contribution in [2.75, 3.05) is 31.3 Å². The lowest BCUT2D eigenvalue weighted by Gasteiger charge is -2.51. The van der Waals surface area contributed by atoms with Crippen LogP contribution in [0.1, 0.15) is 55.3 Å². The van der Waals surface area contributed by atoms with E-state index in [2.05, 4.69) is 30.0 Å². The van der Waals surface area contributed by atoms with Crippen molar-refractivity contribution in [2.45, 2.75) is 57.5 Å². The number of sulfonamides is 1. The van der Waals surface area contributed by atoms with E-state index in [0.29, 0.717) is 30.8 Å². The first-order valence-electron chi connectivity index (χ1n) is 10.4. The molecule has 6 heteroatoms. The molecule has 1 aromatic rings. The number of fused-ring (bicyclic) bond motifs is 4. The third kappa shape index (κ3) is 3.81. The van der Waals surface area contributed by atoms with Gasteiger partial charge in [0.15, 0.2) is 0 Å². The molecule has 0 saturated carbocycles. The monoisotopic (exact) mass is 410 g/mol. The van der Waals surface area contributed by atoms with Crippen LogP contribution >= 0.6 is 11.6 Å². The minimum absolute atomic E-state index is 0.150. The highest BCUT2D eigenvalue weighted by atomic mass is 35.5. The van der Waals surface area contributed by atoms with E-state index in [1.807, 2.05) is 4.31 Å². The number of hydrogen-bond donors (Lipinski definition) is 0. The zero-order valence-electron chi connectivity index (χ0n) is 16.2. The molecule has 0 radical (unpaired) electrons. The van der Waals surface area contributed by atoms with Gasteiger partial charge in [-0.05, 0) is 61.1 Å². The molecule has 3 aliphatic rings. The first-order valence-corrected chi connectivity index (χ1v) is 12.6. The number of piperidine rings is 2. The van der Waals surface area contributed by atoms with Gasteiger partial charge in [-0.1, -0.05) is 25.1 Å². The van der Waals surface area contributed by atoms with Gasteiger partial charge in [0.2, 0.25) is 10.0 Å². The van der Waals surface area contributed by atoms with E-state index in [1.165, 1.54) is 16.7 Å². The summed E-state index contributed by atoms with van der Waals surface area (Å²) in [6.07, 6.45) is 5.79. The predicted molar refractivity (Wildman–Crippen MR) is 111 cm³/mol. The summed E-state index contributed by atoms with van der Waals surface area (Å²) in [6, 6.07) is 7.45. The normalized spacial score (nSPS) is 29.0. The van der Waals surface area contributed by atoms with Crippen molar-refractivity contribution in [1.82, 2.24) is 9.21 Å². The van der Waals surface area contributed by atoms with E-state index in [9.17, 15) is 8.42 Å². The lowest BCUT2D eigenvalue weighted by atomic mass is 9.77. The third-order valence-corrected chi connectivity index (χ3v) is 9.02. The molecular weight excluding hydrogens is 380 g/mol. The van der Waals surface area contributed by atoms with Crippen LogP contribution in [0.4, 0.5) is 0 Å². The van der Waals surface area contributed by atoms with E-state index in [1.54, 1.807) is 0 Å². The van der Waals surface area contributed by atoms with E-state index in [4.69, 9.17) is 11.6 Å². The summed E-state index contributed by atoms with van der Waals surface area (Å²) in [5, 5.41) is 0. The van der Waals surface area contributed by atoms with Crippen LogP contribution in [0, 0.1) is 5.92 Å².